The predicted molar refractivity (Wildman–Crippen MR) is 72.5 cm³/mol. The van der Waals surface area contributed by atoms with E-state index in [-0.39, 0.29) is 23.8 Å². The summed E-state index contributed by atoms with van der Waals surface area (Å²) < 4.78 is 12.8. The molecule has 6 heteroatoms. The van der Waals surface area contributed by atoms with E-state index >= 15 is 0 Å². The highest BCUT2D eigenvalue weighted by Gasteiger charge is 2.16. The van der Waals surface area contributed by atoms with Gasteiger partial charge in [-0.25, -0.2) is 14.4 Å². The monoisotopic (exact) mass is 288 g/mol. The van der Waals surface area contributed by atoms with Crippen molar-refractivity contribution in [2.75, 3.05) is 0 Å². The van der Waals surface area contributed by atoms with E-state index in [1.165, 1.54) is 43.6 Å². The van der Waals surface area contributed by atoms with Crippen LogP contribution >= 0.6 is 0 Å². The van der Waals surface area contributed by atoms with Crippen molar-refractivity contribution in [2.45, 2.75) is 19.3 Å². The van der Waals surface area contributed by atoms with Crippen molar-refractivity contribution in [3.05, 3.63) is 59.4 Å². The SMILES string of the molecule is CC(C(=O)O)c1cnc(C(=O)Cc2ccc(F)cc2)nc1. The second-order valence-electron chi connectivity index (χ2n) is 4.63. The lowest BCUT2D eigenvalue weighted by molar-refractivity contribution is -0.138. The highest BCUT2D eigenvalue weighted by atomic mass is 19.1. The van der Waals surface area contributed by atoms with Gasteiger partial charge in [-0.2, -0.15) is 0 Å². The minimum absolute atomic E-state index is 0.0145. The van der Waals surface area contributed by atoms with Crippen LogP contribution in [0.15, 0.2) is 36.7 Å². The highest BCUT2D eigenvalue weighted by molar-refractivity contribution is 5.94. The van der Waals surface area contributed by atoms with Gasteiger partial charge in [0.2, 0.25) is 5.78 Å². The first-order valence-corrected chi connectivity index (χ1v) is 6.29. The average Bonchev–Trinajstić information content (AvgIpc) is 2.49. The molecule has 0 radical (unpaired) electrons. The van der Waals surface area contributed by atoms with E-state index in [4.69, 9.17) is 5.11 Å². The Balaban J connectivity index is 2.09. The van der Waals surface area contributed by atoms with Gasteiger partial charge in [-0.05, 0) is 24.6 Å². The summed E-state index contributed by atoms with van der Waals surface area (Å²) in [5.41, 5.74) is 1.09. The molecule has 0 spiro atoms. The number of hydrogen-bond donors (Lipinski definition) is 1. The normalized spacial score (nSPS) is 11.9. The number of benzene rings is 1. The average molecular weight is 288 g/mol. The number of aliphatic carboxylic acids is 1. The fraction of sp³-hybridized carbons (Fsp3) is 0.200. The first-order valence-electron chi connectivity index (χ1n) is 6.29. The van der Waals surface area contributed by atoms with Crippen molar-refractivity contribution in [2.24, 2.45) is 0 Å². The second-order valence-corrected chi connectivity index (χ2v) is 4.63. The minimum Gasteiger partial charge on any atom is -0.481 e. The van der Waals surface area contributed by atoms with Crippen LogP contribution in [0.5, 0.6) is 0 Å². The summed E-state index contributed by atoms with van der Waals surface area (Å²) in [6.07, 6.45) is 2.74. The second kappa shape index (κ2) is 6.21. The first-order chi connectivity index (χ1) is 9.97. The Bertz CT molecular complexity index is 654. The Morgan fingerprint density at radius 1 is 1.19 bits per heavy atom. The number of nitrogens with zero attached hydrogens (tertiary/aromatic N) is 2. The zero-order chi connectivity index (χ0) is 15.4. The molecule has 0 aliphatic heterocycles. The van der Waals surface area contributed by atoms with E-state index in [1.807, 2.05) is 0 Å². The number of aromatic nitrogens is 2. The van der Waals surface area contributed by atoms with Gasteiger partial charge >= 0.3 is 5.97 Å². The third kappa shape index (κ3) is 3.68. The zero-order valence-electron chi connectivity index (χ0n) is 11.3. The van der Waals surface area contributed by atoms with Crippen molar-refractivity contribution in [3.63, 3.8) is 0 Å². The summed E-state index contributed by atoms with van der Waals surface area (Å²) in [4.78, 5) is 30.6. The number of carbonyl (C=O) groups is 2. The molecule has 0 aliphatic carbocycles. The summed E-state index contributed by atoms with van der Waals surface area (Å²) in [6.45, 7) is 1.51. The lowest BCUT2D eigenvalue weighted by Gasteiger charge is -2.06. The smallest absolute Gasteiger partial charge is 0.310 e. The van der Waals surface area contributed by atoms with Crippen LogP contribution in [0.3, 0.4) is 0 Å². The number of carboxylic acid groups (broad SMARTS) is 1. The summed E-state index contributed by atoms with van der Waals surface area (Å²) in [7, 11) is 0. The van der Waals surface area contributed by atoms with Gasteiger partial charge < -0.3 is 5.11 Å². The molecule has 2 rings (SSSR count). The minimum atomic E-state index is -0.982. The van der Waals surface area contributed by atoms with Crippen LogP contribution in [-0.2, 0) is 11.2 Å². The van der Waals surface area contributed by atoms with E-state index in [2.05, 4.69) is 9.97 Å². The molecule has 1 unspecified atom stereocenters. The zero-order valence-corrected chi connectivity index (χ0v) is 11.3. The number of Topliss-reactive ketones (excluding diaryl/α,β-unsaturated/α-hetero) is 1. The van der Waals surface area contributed by atoms with Crippen LogP contribution in [0.2, 0.25) is 0 Å². The molecule has 1 atom stereocenters. The van der Waals surface area contributed by atoms with Crippen LogP contribution < -0.4 is 0 Å². The largest absolute Gasteiger partial charge is 0.481 e. The molecule has 21 heavy (non-hydrogen) atoms. The Kier molecular flexibility index (Phi) is 4.37. The van der Waals surface area contributed by atoms with Gasteiger partial charge in [-0.15, -0.1) is 0 Å². The topological polar surface area (TPSA) is 80.1 Å². The van der Waals surface area contributed by atoms with Crippen LogP contribution in [0.1, 0.15) is 34.6 Å². The Labute approximate surface area is 120 Å². The van der Waals surface area contributed by atoms with Crippen molar-refractivity contribution >= 4 is 11.8 Å². The molecule has 108 valence electrons. The molecule has 0 aliphatic rings. The van der Waals surface area contributed by atoms with Crippen LogP contribution in [0.25, 0.3) is 0 Å². The van der Waals surface area contributed by atoms with Crippen molar-refractivity contribution in [3.8, 4) is 0 Å². The number of carbonyl (C=O) groups excluding carboxylic acids is 1. The molecule has 0 saturated carbocycles. The molecule has 1 aromatic carbocycles. The van der Waals surface area contributed by atoms with E-state index in [1.54, 1.807) is 0 Å². The van der Waals surface area contributed by atoms with Gasteiger partial charge in [0.05, 0.1) is 5.92 Å². The molecule has 1 N–H and O–H groups in total. The maximum Gasteiger partial charge on any atom is 0.310 e. The fourth-order valence-electron chi connectivity index (χ4n) is 1.71. The number of rotatable bonds is 5. The number of ketones is 1. The number of carboxylic acids is 1. The van der Waals surface area contributed by atoms with Crippen LogP contribution in [0, 0.1) is 5.82 Å². The summed E-state index contributed by atoms with van der Waals surface area (Å²) in [6, 6.07) is 5.60. The molecule has 1 aromatic heterocycles. The van der Waals surface area contributed by atoms with Crippen molar-refractivity contribution in [1.82, 2.24) is 9.97 Å². The standard InChI is InChI=1S/C15H13FN2O3/c1-9(15(20)21)11-7-17-14(18-8-11)13(19)6-10-2-4-12(16)5-3-10/h2-5,7-9H,6H2,1H3,(H,20,21). The van der Waals surface area contributed by atoms with Crippen molar-refractivity contribution in [1.29, 1.82) is 0 Å². The van der Waals surface area contributed by atoms with Gasteiger partial charge in [0.25, 0.3) is 0 Å². The Morgan fingerprint density at radius 3 is 2.29 bits per heavy atom. The van der Waals surface area contributed by atoms with E-state index in [9.17, 15) is 14.0 Å². The highest BCUT2D eigenvalue weighted by Crippen LogP contribution is 2.13. The van der Waals surface area contributed by atoms with Crippen LogP contribution in [-0.4, -0.2) is 26.8 Å². The molecule has 1 heterocycles. The van der Waals surface area contributed by atoms with Crippen LogP contribution in [0.4, 0.5) is 4.39 Å². The molecule has 0 bridgehead atoms. The summed E-state index contributed by atoms with van der Waals surface area (Å²) >= 11 is 0. The van der Waals surface area contributed by atoms with Gasteiger partial charge in [-0.1, -0.05) is 12.1 Å². The van der Waals surface area contributed by atoms with E-state index in [0.717, 1.165) is 0 Å². The molecular weight excluding hydrogens is 275 g/mol. The molecule has 5 nitrogen and oxygen atoms in total. The summed E-state index contributed by atoms with van der Waals surface area (Å²) in [5, 5.41) is 8.88. The van der Waals surface area contributed by atoms with Gasteiger partial charge in [0, 0.05) is 24.4 Å². The molecule has 0 saturated heterocycles. The Morgan fingerprint density at radius 2 is 1.76 bits per heavy atom. The molecule has 0 amide bonds. The first kappa shape index (κ1) is 14.8. The maximum atomic E-state index is 12.8. The Hall–Kier alpha value is -2.63. The fourth-order valence-corrected chi connectivity index (χ4v) is 1.71. The summed E-state index contributed by atoms with van der Waals surface area (Å²) in [5.74, 6) is -2.37. The van der Waals surface area contributed by atoms with Gasteiger partial charge in [0.1, 0.15) is 5.82 Å². The third-order valence-electron chi connectivity index (χ3n) is 3.07. The van der Waals surface area contributed by atoms with Gasteiger partial charge in [0.15, 0.2) is 5.82 Å². The lowest BCUT2D eigenvalue weighted by atomic mass is 10.1. The number of halogens is 1. The van der Waals surface area contributed by atoms with Gasteiger partial charge in [-0.3, -0.25) is 9.59 Å². The third-order valence-corrected chi connectivity index (χ3v) is 3.07. The molecule has 2 aromatic rings. The lowest BCUT2D eigenvalue weighted by Crippen LogP contribution is -2.12. The van der Waals surface area contributed by atoms with E-state index < -0.39 is 11.9 Å². The molecule has 0 fully saturated rings. The predicted octanol–water partition coefficient (Wildman–Crippen LogP) is 2.23. The number of hydrogen-bond acceptors (Lipinski definition) is 4. The van der Waals surface area contributed by atoms with E-state index in [0.29, 0.717) is 11.1 Å². The maximum absolute atomic E-state index is 12.8. The molecular formula is C15H13FN2O3. The van der Waals surface area contributed by atoms with Crippen molar-refractivity contribution < 1.29 is 19.1 Å². The quantitative estimate of drug-likeness (QED) is 0.853.